The maximum atomic E-state index is 12.8. The van der Waals surface area contributed by atoms with Gasteiger partial charge in [0.1, 0.15) is 17.9 Å². The van der Waals surface area contributed by atoms with Gasteiger partial charge < -0.3 is 10.1 Å². The summed E-state index contributed by atoms with van der Waals surface area (Å²) >= 11 is 0. The molecule has 1 aromatic carbocycles. The smallest absolute Gasteiger partial charge is 0.226 e. The third kappa shape index (κ3) is 3.12. The minimum absolute atomic E-state index is 0.0512. The molecule has 1 atom stereocenters. The highest BCUT2D eigenvalue weighted by atomic mass is 16.5. The molecule has 32 heavy (non-hydrogen) atoms. The van der Waals surface area contributed by atoms with E-state index in [1.54, 1.807) is 15.5 Å². The summed E-state index contributed by atoms with van der Waals surface area (Å²) in [5, 5.41) is 20.2. The van der Waals surface area contributed by atoms with E-state index in [1.807, 2.05) is 37.3 Å². The number of nitrogens with zero attached hydrogens (tertiary/aromatic N) is 6. The zero-order chi connectivity index (χ0) is 21.7. The maximum absolute atomic E-state index is 12.8. The Hall–Kier alpha value is -3.75. The minimum atomic E-state index is -0.135. The molecule has 6 rings (SSSR count). The molecule has 2 aliphatic rings. The Kier molecular flexibility index (Phi) is 4.41. The van der Waals surface area contributed by atoms with E-state index in [-0.39, 0.29) is 17.9 Å². The number of nitrogens with one attached hydrogen (secondary N) is 1. The van der Waals surface area contributed by atoms with Crippen LogP contribution in [-0.4, -0.2) is 41.6 Å². The number of aryl methyl sites for hydroxylation is 1. The molecule has 1 saturated carbocycles. The monoisotopic (exact) mass is 429 g/mol. The molecular weight excluding hydrogens is 406 g/mol. The maximum Gasteiger partial charge on any atom is 0.226 e. The number of amides is 1. The molecule has 9 heteroatoms. The summed E-state index contributed by atoms with van der Waals surface area (Å²) in [7, 11) is 0. The van der Waals surface area contributed by atoms with Crippen molar-refractivity contribution in [1.82, 2.24) is 29.6 Å². The van der Waals surface area contributed by atoms with Crippen molar-refractivity contribution < 1.29 is 9.53 Å². The molecule has 3 aromatic heterocycles. The van der Waals surface area contributed by atoms with E-state index in [4.69, 9.17) is 9.84 Å². The fourth-order valence-corrected chi connectivity index (χ4v) is 4.87. The number of benzene rings is 1. The van der Waals surface area contributed by atoms with Crippen LogP contribution in [0.25, 0.3) is 11.5 Å². The van der Waals surface area contributed by atoms with Gasteiger partial charge in [-0.15, -0.1) is 15.3 Å². The van der Waals surface area contributed by atoms with Crippen molar-refractivity contribution >= 4 is 17.4 Å². The Balaban J connectivity index is 1.45. The summed E-state index contributed by atoms with van der Waals surface area (Å²) < 4.78 is 9.67. The number of ether oxygens (including phenoxy) is 1. The van der Waals surface area contributed by atoms with E-state index >= 15 is 0 Å². The minimum Gasteiger partial charge on any atom is -0.490 e. The summed E-state index contributed by atoms with van der Waals surface area (Å²) in [5.41, 5.74) is 3.52. The zero-order valence-corrected chi connectivity index (χ0v) is 17.7. The van der Waals surface area contributed by atoms with Crippen molar-refractivity contribution in [2.24, 2.45) is 0 Å². The molecule has 1 amide bonds. The van der Waals surface area contributed by atoms with E-state index in [0.29, 0.717) is 23.7 Å². The lowest BCUT2D eigenvalue weighted by Gasteiger charge is -2.26. The molecule has 1 unspecified atom stereocenters. The van der Waals surface area contributed by atoms with Gasteiger partial charge in [0.15, 0.2) is 11.5 Å². The van der Waals surface area contributed by atoms with E-state index < -0.39 is 0 Å². The van der Waals surface area contributed by atoms with Crippen LogP contribution in [0.3, 0.4) is 0 Å². The second-order valence-corrected chi connectivity index (χ2v) is 8.45. The number of hydrogen-bond acceptors (Lipinski definition) is 6. The molecule has 9 nitrogen and oxygen atoms in total. The molecule has 4 aromatic rings. The summed E-state index contributed by atoms with van der Waals surface area (Å²) in [5.74, 6) is 1.91. The van der Waals surface area contributed by atoms with Gasteiger partial charge in [-0.05, 0) is 50.8 Å². The Bertz CT molecular complexity index is 1320. The van der Waals surface area contributed by atoms with Crippen LogP contribution in [0.4, 0.5) is 5.82 Å². The third-order valence-corrected chi connectivity index (χ3v) is 6.36. The highest BCUT2D eigenvalue weighted by molar-refractivity contribution is 5.95. The molecule has 0 spiro atoms. The van der Waals surface area contributed by atoms with Crippen molar-refractivity contribution in [3.63, 3.8) is 0 Å². The highest BCUT2D eigenvalue weighted by Crippen LogP contribution is 2.43. The first kappa shape index (κ1) is 19.0. The molecule has 1 fully saturated rings. The average molecular weight is 429 g/mol. The van der Waals surface area contributed by atoms with Crippen molar-refractivity contribution in [2.45, 2.75) is 51.0 Å². The van der Waals surface area contributed by atoms with Crippen LogP contribution < -0.4 is 10.1 Å². The third-order valence-electron chi connectivity index (χ3n) is 6.36. The van der Waals surface area contributed by atoms with Gasteiger partial charge in [-0.3, -0.25) is 4.79 Å². The number of anilines is 1. The molecule has 0 saturated heterocycles. The van der Waals surface area contributed by atoms with E-state index in [2.05, 4.69) is 26.7 Å². The van der Waals surface area contributed by atoms with Crippen LogP contribution in [0, 0.1) is 6.92 Å². The number of para-hydroxylation sites is 1. The van der Waals surface area contributed by atoms with Crippen molar-refractivity contribution in [3.05, 3.63) is 59.5 Å². The quantitative estimate of drug-likeness (QED) is 0.534. The fourth-order valence-electron chi connectivity index (χ4n) is 4.87. The van der Waals surface area contributed by atoms with Crippen molar-refractivity contribution in [1.29, 1.82) is 0 Å². The van der Waals surface area contributed by atoms with Gasteiger partial charge in [0.05, 0.1) is 11.8 Å². The van der Waals surface area contributed by atoms with E-state index in [1.165, 1.54) is 12.8 Å². The summed E-state index contributed by atoms with van der Waals surface area (Å²) in [6.45, 7) is 1.97. The van der Waals surface area contributed by atoms with E-state index in [9.17, 15) is 4.79 Å². The largest absolute Gasteiger partial charge is 0.490 e. The first-order chi connectivity index (χ1) is 15.7. The zero-order valence-electron chi connectivity index (χ0n) is 17.7. The number of carbonyl (C=O) groups excluding carboxylic acids is 1. The van der Waals surface area contributed by atoms with E-state index in [0.717, 1.165) is 35.4 Å². The molecule has 1 aliphatic heterocycles. The summed E-state index contributed by atoms with van der Waals surface area (Å²) in [6, 6.07) is 11.7. The van der Waals surface area contributed by atoms with Crippen molar-refractivity contribution in [3.8, 4) is 11.6 Å². The molecule has 0 bridgehead atoms. The molecule has 1 N–H and O–H groups in total. The number of fused-ring (bicyclic) bond motifs is 2. The first-order valence-electron chi connectivity index (χ1n) is 11.0. The van der Waals surface area contributed by atoms with Crippen molar-refractivity contribution in [2.75, 3.05) is 5.32 Å². The van der Waals surface area contributed by atoms with Gasteiger partial charge in [0.2, 0.25) is 5.91 Å². The van der Waals surface area contributed by atoms with Crippen LogP contribution in [-0.2, 0) is 4.79 Å². The lowest BCUT2D eigenvalue weighted by Crippen LogP contribution is -2.25. The van der Waals surface area contributed by atoms with Crippen LogP contribution >= 0.6 is 0 Å². The first-order valence-corrected chi connectivity index (χ1v) is 11.0. The highest BCUT2D eigenvalue weighted by Gasteiger charge is 2.35. The normalized spacial score (nSPS) is 18.7. The number of aromatic nitrogens is 6. The number of hydrogen-bond donors (Lipinski definition) is 1. The predicted molar refractivity (Wildman–Crippen MR) is 117 cm³/mol. The standard InChI is InChI=1S/C23H23N7O2/c1-14-22-17(16-8-4-5-9-18(16)32-15-6-2-3-7-15)12-21(31)25-23(22)30(27-14)20-11-10-19-26-24-13-29(19)28-20/h4-5,8-11,13,15,17H,2-3,6-7,12H2,1H3,(H,25,31). The Morgan fingerprint density at radius 2 is 1.94 bits per heavy atom. The van der Waals surface area contributed by atoms with Gasteiger partial charge in [-0.2, -0.15) is 14.3 Å². The second-order valence-electron chi connectivity index (χ2n) is 8.45. The molecular formula is C23H23N7O2. The van der Waals surface area contributed by atoms with Gasteiger partial charge in [-0.1, -0.05) is 18.2 Å². The Morgan fingerprint density at radius 1 is 1.09 bits per heavy atom. The van der Waals surface area contributed by atoms with Gasteiger partial charge in [-0.25, -0.2) is 0 Å². The fraction of sp³-hybridized carbons (Fsp3) is 0.348. The number of rotatable bonds is 4. The predicted octanol–water partition coefficient (Wildman–Crippen LogP) is 3.41. The summed E-state index contributed by atoms with van der Waals surface area (Å²) in [4.78, 5) is 12.8. The second kappa shape index (κ2) is 7.44. The number of carbonyl (C=O) groups is 1. The molecule has 0 radical (unpaired) electrons. The molecule has 1 aliphatic carbocycles. The van der Waals surface area contributed by atoms with Crippen LogP contribution in [0.5, 0.6) is 5.75 Å². The Labute approximate surface area is 184 Å². The van der Waals surface area contributed by atoms with Gasteiger partial charge in [0.25, 0.3) is 0 Å². The Morgan fingerprint density at radius 3 is 2.81 bits per heavy atom. The van der Waals surface area contributed by atoms with Crippen LogP contribution in [0.15, 0.2) is 42.7 Å². The molecule has 162 valence electrons. The molecule has 4 heterocycles. The van der Waals surface area contributed by atoms with Crippen LogP contribution in [0.1, 0.15) is 54.8 Å². The van der Waals surface area contributed by atoms with Gasteiger partial charge >= 0.3 is 0 Å². The van der Waals surface area contributed by atoms with Crippen LogP contribution in [0.2, 0.25) is 0 Å². The average Bonchev–Trinajstić information content (AvgIpc) is 3.54. The lowest BCUT2D eigenvalue weighted by atomic mass is 9.85. The van der Waals surface area contributed by atoms with Gasteiger partial charge in [0, 0.05) is 23.5 Å². The SMILES string of the molecule is Cc1nn(-c2ccc3nncn3n2)c2c1C(c1ccccc1OC1CCCC1)CC(=O)N2. The lowest BCUT2D eigenvalue weighted by molar-refractivity contribution is -0.116. The topological polar surface area (TPSA) is 99.2 Å². The summed E-state index contributed by atoms with van der Waals surface area (Å²) in [6.07, 6.45) is 6.72.